The molecule has 9 nitrogen and oxygen atoms in total. The molecule has 2 aromatic rings. The van der Waals surface area contributed by atoms with E-state index in [0.717, 1.165) is 18.5 Å². The second-order valence-corrected chi connectivity index (χ2v) is 10.9. The molecule has 2 heterocycles. The van der Waals surface area contributed by atoms with Crippen molar-refractivity contribution in [2.24, 2.45) is 10.7 Å². The van der Waals surface area contributed by atoms with Crippen molar-refractivity contribution >= 4 is 27.3 Å². The summed E-state index contributed by atoms with van der Waals surface area (Å²) in [6.07, 6.45) is -2.80. The molecule has 0 unspecified atom stereocenters. The van der Waals surface area contributed by atoms with E-state index >= 15 is 0 Å². The highest BCUT2D eigenvalue weighted by atomic mass is 32.2. The first-order valence-corrected chi connectivity index (χ1v) is 11.4. The molecule has 3 N–H and O–H groups in total. The van der Waals surface area contributed by atoms with E-state index in [9.17, 15) is 30.8 Å². The zero-order chi connectivity index (χ0) is 25.5. The minimum Gasteiger partial charge on any atom is -0.467 e. The predicted molar refractivity (Wildman–Crippen MR) is 115 cm³/mol. The van der Waals surface area contributed by atoms with E-state index in [1.54, 1.807) is 0 Å². The number of amidine groups is 1. The molecule has 0 saturated carbocycles. The van der Waals surface area contributed by atoms with E-state index in [2.05, 4.69) is 25.0 Å². The van der Waals surface area contributed by atoms with Crippen molar-refractivity contribution < 1.29 is 35.5 Å². The quantitative estimate of drug-likeness (QED) is 0.599. The number of halogens is 4. The number of amides is 1. The predicted octanol–water partition coefficient (Wildman–Crippen LogP) is 2.59. The fourth-order valence-corrected chi connectivity index (χ4v) is 4.84. The molecule has 1 aromatic heterocycles. The first kappa shape index (κ1) is 25.3. The number of nitrogens with two attached hydrogens (primary N) is 1. The largest absolute Gasteiger partial charge is 0.467 e. The molecule has 0 fully saturated rings. The van der Waals surface area contributed by atoms with Gasteiger partial charge in [0.1, 0.15) is 27.6 Å². The van der Waals surface area contributed by atoms with Gasteiger partial charge in [-0.25, -0.2) is 22.8 Å². The van der Waals surface area contributed by atoms with Gasteiger partial charge in [-0.2, -0.15) is 13.2 Å². The molecule has 1 amide bonds. The molecule has 3 rings (SSSR count). The highest BCUT2D eigenvalue weighted by molar-refractivity contribution is 7.93. The van der Waals surface area contributed by atoms with Crippen LogP contribution < -0.4 is 15.8 Å². The summed E-state index contributed by atoms with van der Waals surface area (Å²) in [5, 5.41) is 2.45. The lowest BCUT2D eigenvalue weighted by Crippen LogP contribution is -2.55. The number of anilines is 1. The lowest BCUT2D eigenvalue weighted by Gasteiger charge is -2.38. The zero-order valence-electron chi connectivity index (χ0n) is 18.3. The summed E-state index contributed by atoms with van der Waals surface area (Å²) in [7, 11) is -3.79. The average molecular weight is 503 g/mol. The SMILES string of the molecule is CC1(C)C(N)=N[C@](C)(c2cc(NC(=O)c3cnc(OCC(F)(F)F)cn3)ccc2F)CS1(=O)=O. The fraction of sp³-hybridized carbons (Fsp3) is 0.400. The van der Waals surface area contributed by atoms with Gasteiger partial charge in [0.05, 0.1) is 18.1 Å². The van der Waals surface area contributed by atoms with Crippen LogP contribution in [0, 0.1) is 5.82 Å². The van der Waals surface area contributed by atoms with Crippen molar-refractivity contribution in [2.45, 2.75) is 37.2 Å². The number of rotatable bonds is 5. The molecule has 1 atom stereocenters. The van der Waals surface area contributed by atoms with Gasteiger partial charge in [-0.05, 0) is 39.0 Å². The van der Waals surface area contributed by atoms with Crippen LogP contribution in [0.15, 0.2) is 35.6 Å². The Morgan fingerprint density at radius 3 is 2.44 bits per heavy atom. The second-order valence-electron chi connectivity index (χ2n) is 8.33. The molecule has 0 radical (unpaired) electrons. The maximum Gasteiger partial charge on any atom is 0.422 e. The molecule has 0 aliphatic carbocycles. The number of carbonyl (C=O) groups is 1. The molecule has 184 valence electrons. The topological polar surface area (TPSA) is 137 Å². The smallest absolute Gasteiger partial charge is 0.422 e. The number of nitrogens with one attached hydrogen (secondary N) is 1. The van der Waals surface area contributed by atoms with Crippen LogP contribution in [-0.4, -0.2) is 53.4 Å². The van der Waals surface area contributed by atoms with Crippen molar-refractivity contribution in [3.63, 3.8) is 0 Å². The van der Waals surface area contributed by atoms with Crippen LogP contribution in [0.3, 0.4) is 0 Å². The summed E-state index contributed by atoms with van der Waals surface area (Å²) in [5.41, 5.74) is 4.10. The molecule has 0 spiro atoms. The molecule has 1 aliphatic rings. The zero-order valence-corrected chi connectivity index (χ0v) is 19.1. The van der Waals surface area contributed by atoms with Gasteiger partial charge in [0.25, 0.3) is 5.91 Å². The van der Waals surface area contributed by atoms with Crippen molar-refractivity contribution in [3.8, 4) is 5.88 Å². The maximum absolute atomic E-state index is 14.7. The normalized spacial score (nSPS) is 21.4. The third kappa shape index (κ3) is 5.11. The Balaban J connectivity index is 1.83. The van der Waals surface area contributed by atoms with Crippen LogP contribution in [-0.2, 0) is 15.4 Å². The van der Waals surface area contributed by atoms with Gasteiger partial charge in [0, 0.05) is 11.3 Å². The fourth-order valence-electron chi connectivity index (χ4n) is 3.16. The Hall–Kier alpha value is -3.29. The van der Waals surface area contributed by atoms with Crippen LogP contribution in [0.4, 0.5) is 23.2 Å². The van der Waals surface area contributed by atoms with Crippen molar-refractivity contribution in [1.29, 1.82) is 0 Å². The summed E-state index contributed by atoms with van der Waals surface area (Å²) in [5.74, 6) is -2.65. The minimum atomic E-state index is -4.56. The first-order chi connectivity index (χ1) is 15.5. The lowest BCUT2D eigenvalue weighted by atomic mass is 9.92. The molecule has 34 heavy (non-hydrogen) atoms. The number of benzene rings is 1. The van der Waals surface area contributed by atoms with Crippen molar-refractivity contribution in [2.75, 3.05) is 17.7 Å². The van der Waals surface area contributed by atoms with Crippen LogP contribution in [0.1, 0.15) is 36.8 Å². The lowest BCUT2D eigenvalue weighted by molar-refractivity contribution is -0.154. The molecular weight excluding hydrogens is 482 g/mol. The monoisotopic (exact) mass is 503 g/mol. The van der Waals surface area contributed by atoms with E-state index in [1.165, 1.54) is 32.9 Å². The van der Waals surface area contributed by atoms with Gasteiger partial charge in [-0.1, -0.05) is 0 Å². The Morgan fingerprint density at radius 2 is 1.88 bits per heavy atom. The Kier molecular flexibility index (Phi) is 6.33. The first-order valence-electron chi connectivity index (χ1n) is 9.75. The minimum absolute atomic E-state index is 0.0952. The number of nitrogens with zero attached hydrogens (tertiary/aromatic N) is 3. The number of sulfone groups is 1. The summed E-state index contributed by atoms with van der Waals surface area (Å²) in [6, 6.07) is 3.50. The van der Waals surface area contributed by atoms with Crippen LogP contribution >= 0.6 is 0 Å². The summed E-state index contributed by atoms with van der Waals surface area (Å²) >= 11 is 0. The summed E-state index contributed by atoms with van der Waals surface area (Å²) in [4.78, 5) is 24.0. The van der Waals surface area contributed by atoms with Gasteiger partial charge < -0.3 is 15.8 Å². The van der Waals surface area contributed by atoms with Gasteiger partial charge in [0.2, 0.25) is 5.88 Å². The van der Waals surface area contributed by atoms with Crippen LogP contribution in [0.25, 0.3) is 0 Å². The Labute approximate surface area is 192 Å². The number of hydrogen-bond acceptors (Lipinski definition) is 8. The average Bonchev–Trinajstić information content (AvgIpc) is 2.71. The van der Waals surface area contributed by atoms with Crippen LogP contribution in [0.2, 0.25) is 0 Å². The summed E-state index contributed by atoms with van der Waals surface area (Å²) < 4.78 is 79.8. The van der Waals surface area contributed by atoms with Crippen molar-refractivity contribution in [1.82, 2.24) is 9.97 Å². The van der Waals surface area contributed by atoms with Gasteiger partial charge in [-0.15, -0.1) is 0 Å². The van der Waals surface area contributed by atoms with Gasteiger partial charge >= 0.3 is 6.18 Å². The molecule has 14 heteroatoms. The van der Waals surface area contributed by atoms with E-state index in [4.69, 9.17) is 5.73 Å². The highest BCUT2D eigenvalue weighted by Crippen LogP contribution is 2.38. The van der Waals surface area contributed by atoms with E-state index in [0.29, 0.717) is 0 Å². The standard InChI is InChI=1S/C20H21F4N5O4S/c1-18(2)17(25)29-19(3,10-34(18,31)32)12-6-11(4-5-13(12)21)28-16(30)14-7-27-15(8-26-14)33-9-20(22,23)24/h4-8H,9-10H2,1-3H3,(H2,25,29)(H,28,30)/t19-/m0/s1. The molecule has 0 saturated heterocycles. The number of aliphatic imine (C=N–C) groups is 1. The van der Waals surface area contributed by atoms with Crippen molar-refractivity contribution in [3.05, 3.63) is 47.7 Å². The van der Waals surface area contributed by atoms with Gasteiger partial charge in [-0.3, -0.25) is 9.79 Å². The summed E-state index contributed by atoms with van der Waals surface area (Å²) in [6.45, 7) is 2.68. The van der Waals surface area contributed by atoms with Crippen LogP contribution in [0.5, 0.6) is 5.88 Å². The maximum atomic E-state index is 14.7. The Morgan fingerprint density at radius 1 is 1.21 bits per heavy atom. The molecule has 0 bridgehead atoms. The Bertz CT molecular complexity index is 1250. The number of aromatic nitrogens is 2. The van der Waals surface area contributed by atoms with Gasteiger partial charge in [0.15, 0.2) is 16.4 Å². The second kappa shape index (κ2) is 8.49. The molecular formula is C20H21F4N5O4S. The molecule has 1 aliphatic heterocycles. The number of alkyl halides is 3. The number of hydrogen-bond donors (Lipinski definition) is 2. The third-order valence-corrected chi connectivity index (χ3v) is 7.99. The highest BCUT2D eigenvalue weighted by Gasteiger charge is 2.49. The number of carbonyl (C=O) groups excluding carboxylic acids is 1. The van der Waals surface area contributed by atoms with E-state index in [-0.39, 0.29) is 22.8 Å². The molecule has 1 aromatic carbocycles. The van der Waals surface area contributed by atoms with E-state index < -0.39 is 56.3 Å². The number of ether oxygens (including phenoxy) is 1. The van der Waals surface area contributed by atoms with E-state index in [1.807, 2.05) is 0 Å². The third-order valence-electron chi connectivity index (χ3n) is 5.28.